The first kappa shape index (κ1) is 12.9. The number of rotatable bonds is 5. The van der Waals surface area contributed by atoms with E-state index in [0.717, 1.165) is 17.7 Å². The van der Waals surface area contributed by atoms with Crippen molar-refractivity contribution in [3.63, 3.8) is 0 Å². The average Bonchev–Trinajstić information content (AvgIpc) is 2.25. The van der Waals surface area contributed by atoms with Gasteiger partial charge in [0, 0.05) is 11.6 Å². The van der Waals surface area contributed by atoms with Gasteiger partial charge in [-0.1, -0.05) is 30.7 Å². The fourth-order valence-electron chi connectivity index (χ4n) is 1.75. The number of hydrogen-bond acceptors (Lipinski definition) is 2. The number of ketones is 1. The van der Waals surface area contributed by atoms with Crippen molar-refractivity contribution in [2.75, 3.05) is 13.1 Å². The van der Waals surface area contributed by atoms with E-state index in [1.54, 1.807) is 0 Å². The van der Waals surface area contributed by atoms with Crippen molar-refractivity contribution in [1.82, 2.24) is 4.90 Å². The molecule has 0 aliphatic rings. The van der Waals surface area contributed by atoms with Crippen LogP contribution in [-0.2, 0) is 0 Å². The SMILES string of the molecule is CCN(CC(=O)c1cccc(C)c1)C(C)C. The van der Waals surface area contributed by atoms with Crippen molar-refractivity contribution in [2.45, 2.75) is 33.7 Å². The predicted molar refractivity (Wildman–Crippen MR) is 67.9 cm³/mol. The van der Waals surface area contributed by atoms with Crippen LogP contribution in [0.2, 0.25) is 0 Å². The van der Waals surface area contributed by atoms with E-state index >= 15 is 0 Å². The highest BCUT2D eigenvalue weighted by atomic mass is 16.1. The molecule has 1 rings (SSSR count). The summed E-state index contributed by atoms with van der Waals surface area (Å²) in [6.45, 7) is 9.76. The van der Waals surface area contributed by atoms with Gasteiger partial charge in [-0.05, 0) is 33.4 Å². The molecule has 0 saturated heterocycles. The summed E-state index contributed by atoms with van der Waals surface area (Å²) in [4.78, 5) is 14.2. The third kappa shape index (κ3) is 3.46. The number of nitrogens with zero attached hydrogens (tertiary/aromatic N) is 1. The van der Waals surface area contributed by atoms with E-state index in [1.165, 1.54) is 0 Å². The molecule has 2 nitrogen and oxygen atoms in total. The van der Waals surface area contributed by atoms with Crippen molar-refractivity contribution in [3.05, 3.63) is 35.4 Å². The number of carbonyl (C=O) groups is 1. The molecule has 88 valence electrons. The Labute approximate surface area is 98.3 Å². The molecule has 0 N–H and O–H groups in total. The van der Waals surface area contributed by atoms with Gasteiger partial charge in [0.15, 0.2) is 5.78 Å². The Kier molecular flexibility index (Phi) is 4.69. The lowest BCUT2D eigenvalue weighted by Gasteiger charge is -2.23. The Balaban J connectivity index is 2.72. The summed E-state index contributed by atoms with van der Waals surface area (Å²) in [5, 5.41) is 0. The number of hydrogen-bond donors (Lipinski definition) is 0. The summed E-state index contributed by atoms with van der Waals surface area (Å²) in [5.74, 6) is 0.208. The van der Waals surface area contributed by atoms with Crippen LogP contribution in [0.15, 0.2) is 24.3 Å². The molecular formula is C14H21NO. The first-order valence-electron chi connectivity index (χ1n) is 5.88. The van der Waals surface area contributed by atoms with Crippen molar-refractivity contribution in [2.24, 2.45) is 0 Å². The van der Waals surface area contributed by atoms with Crippen molar-refractivity contribution in [1.29, 1.82) is 0 Å². The minimum absolute atomic E-state index is 0.208. The van der Waals surface area contributed by atoms with Crippen LogP contribution < -0.4 is 0 Å². The molecule has 1 aromatic rings. The number of Topliss-reactive ketones (excluding diaryl/α,β-unsaturated/α-hetero) is 1. The number of aryl methyl sites for hydroxylation is 1. The fraction of sp³-hybridized carbons (Fsp3) is 0.500. The number of likely N-dealkylation sites (N-methyl/N-ethyl adjacent to an activating group) is 1. The molecule has 0 spiro atoms. The van der Waals surface area contributed by atoms with E-state index in [9.17, 15) is 4.79 Å². The topological polar surface area (TPSA) is 20.3 Å². The van der Waals surface area contributed by atoms with E-state index in [-0.39, 0.29) is 5.78 Å². The monoisotopic (exact) mass is 219 g/mol. The molecule has 0 aliphatic heterocycles. The summed E-state index contributed by atoms with van der Waals surface area (Å²) < 4.78 is 0. The standard InChI is InChI=1S/C14H21NO/c1-5-15(11(2)3)10-14(16)13-8-6-7-12(4)9-13/h6-9,11H,5,10H2,1-4H3. The Morgan fingerprint density at radius 1 is 1.38 bits per heavy atom. The summed E-state index contributed by atoms with van der Waals surface area (Å²) in [5.41, 5.74) is 1.96. The zero-order valence-corrected chi connectivity index (χ0v) is 10.7. The minimum atomic E-state index is 0.208. The van der Waals surface area contributed by atoms with Crippen molar-refractivity contribution in [3.8, 4) is 0 Å². The van der Waals surface area contributed by atoms with Gasteiger partial charge in [0.25, 0.3) is 0 Å². The van der Waals surface area contributed by atoms with Crippen LogP contribution in [0.1, 0.15) is 36.7 Å². The molecule has 0 aromatic heterocycles. The van der Waals surface area contributed by atoms with E-state index < -0.39 is 0 Å². The molecule has 16 heavy (non-hydrogen) atoms. The molecule has 0 bridgehead atoms. The zero-order chi connectivity index (χ0) is 12.1. The number of carbonyl (C=O) groups excluding carboxylic acids is 1. The third-order valence-corrected chi connectivity index (χ3v) is 2.82. The summed E-state index contributed by atoms with van der Waals surface area (Å²) in [7, 11) is 0. The first-order valence-corrected chi connectivity index (χ1v) is 5.88. The highest BCUT2D eigenvalue weighted by molar-refractivity contribution is 5.97. The zero-order valence-electron chi connectivity index (χ0n) is 10.7. The van der Waals surface area contributed by atoms with Gasteiger partial charge < -0.3 is 0 Å². The molecule has 0 fully saturated rings. The Morgan fingerprint density at radius 3 is 2.56 bits per heavy atom. The summed E-state index contributed by atoms with van der Waals surface area (Å²) >= 11 is 0. The van der Waals surface area contributed by atoms with E-state index in [2.05, 4.69) is 25.7 Å². The molecule has 0 heterocycles. The lowest BCUT2D eigenvalue weighted by Crippen LogP contribution is -2.35. The summed E-state index contributed by atoms with van der Waals surface area (Å²) in [6.07, 6.45) is 0. The Morgan fingerprint density at radius 2 is 2.06 bits per heavy atom. The molecule has 1 aromatic carbocycles. The molecular weight excluding hydrogens is 198 g/mol. The van der Waals surface area contributed by atoms with Crippen LogP contribution in [0.5, 0.6) is 0 Å². The lowest BCUT2D eigenvalue weighted by atomic mass is 10.1. The van der Waals surface area contributed by atoms with E-state index in [4.69, 9.17) is 0 Å². The van der Waals surface area contributed by atoms with Crippen LogP contribution in [0.25, 0.3) is 0 Å². The summed E-state index contributed by atoms with van der Waals surface area (Å²) in [6, 6.07) is 8.21. The van der Waals surface area contributed by atoms with Gasteiger partial charge in [-0.15, -0.1) is 0 Å². The van der Waals surface area contributed by atoms with E-state index in [0.29, 0.717) is 12.6 Å². The van der Waals surface area contributed by atoms with Crippen LogP contribution in [-0.4, -0.2) is 29.8 Å². The highest BCUT2D eigenvalue weighted by Crippen LogP contribution is 2.07. The Hall–Kier alpha value is -1.15. The third-order valence-electron chi connectivity index (χ3n) is 2.82. The van der Waals surface area contributed by atoms with Gasteiger partial charge in [0.2, 0.25) is 0 Å². The van der Waals surface area contributed by atoms with Gasteiger partial charge in [0.1, 0.15) is 0 Å². The van der Waals surface area contributed by atoms with Crippen molar-refractivity contribution >= 4 is 5.78 Å². The second-order valence-corrected chi connectivity index (χ2v) is 4.45. The van der Waals surface area contributed by atoms with Crippen LogP contribution in [0.3, 0.4) is 0 Å². The van der Waals surface area contributed by atoms with Crippen LogP contribution >= 0.6 is 0 Å². The molecule has 0 atom stereocenters. The van der Waals surface area contributed by atoms with Gasteiger partial charge >= 0.3 is 0 Å². The predicted octanol–water partition coefficient (Wildman–Crippen LogP) is 2.91. The van der Waals surface area contributed by atoms with E-state index in [1.807, 2.05) is 31.2 Å². The number of benzene rings is 1. The molecule has 0 amide bonds. The van der Waals surface area contributed by atoms with Gasteiger partial charge in [-0.3, -0.25) is 9.69 Å². The molecule has 0 unspecified atom stereocenters. The maximum atomic E-state index is 12.0. The van der Waals surface area contributed by atoms with Gasteiger partial charge in [-0.25, -0.2) is 0 Å². The normalized spacial score (nSPS) is 11.1. The lowest BCUT2D eigenvalue weighted by molar-refractivity contribution is 0.0911. The van der Waals surface area contributed by atoms with Crippen LogP contribution in [0.4, 0.5) is 0 Å². The van der Waals surface area contributed by atoms with Crippen molar-refractivity contribution < 1.29 is 4.79 Å². The molecule has 2 heteroatoms. The first-order chi connectivity index (χ1) is 7.54. The quantitative estimate of drug-likeness (QED) is 0.710. The smallest absolute Gasteiger partial charge is 0.176 e. The molecule has 0 radical (unpaired) electrons. The largest absolute Gasteiger partial charge is 0.294 e. The second kappa shape index (κ2) is 5.80. The second-order valence-electron chi connectivity index (χ2n) is 4.45. The van der Waals surface area contributed by atoms with Gasteiger partial charge in [0.05, 0.1) is 6.54 Å². The minimum Gasteiger partial charge on any atom is -0.294 e. The Bertz CT molecular complexity index is 358. The fourth-order valence-corrected chi connectivity index (χ4v) is 1.75. The van der Waals surface area contributed by atoms with Gasteiger partial charge in [-0.2, -0.15) is 0 Å². The maximum absolute atomic E-state index is 12.0. The molecule has 0 aliphatic carbocycles. The average molecular weight is 219 g/mol. The maximum Gasteiger partial charge on any atom is 0.176 e. The molecule has 0 saturated carbocycles. The highest BCUT2D eigenvalue weighted by Gasteiger charge is 2.13. The van der Waals surface area contributed by atoms with Crippen LogP contribution in [0, 0.1) is 6.92 Å².